The van der Waals surface area contributed by atoms with Gasteiger partial charge in [0.2, 0.25) is 5.91 Å². The highest BCUT2D eigenvalue weighted by Gasteiger charge is 2.21. The van der Waals surface area contributed by atoms with E-state index in [0.29, 0.717) is 24.3 Å². The first kappa shape index (κ1) is 23.8. The first-order chi connectivity index (χ1) is 14.3. The van der Waals surface area contributed by atoms with Gasteiger partial charge in [-0.2, -0.15) is 0 Å². The van der Waals surface area contributed by atoms with Gasteiger partial charge in [-0.15, -0.1) is 0 Å². The summed E-state index contributed by atoms with van der Waals surface area (Å²) >= 11 is 0. The van der Waals surface area contributed by atoms with Gasteiger partial charge in [0, 0.05) is 13.5 Å². The molecule has 0 radical (unpaired) electrons. The summed E-state index contributed by atoms with van der Waals surface area (Å²) in [6.07, 6.45) is -3.07. The van der Waals surface area contributed by atoms with E-state index in [4.69, 9.17) is 9.47 Å². The van der Waals surface area contributed by atoms with Crippen LogP contribution in [0.25, 0.3) is 11.1 Å². The highest BCUT2D eigenvalue weighted by atomic mass is 19.1. The fraction of sp³-hybridized carbons (Fsp3) is 0.409. The fourth-order valence-corrected chi connectivity index (χ4v) is 2.86. The molecule has 0 saturated heterocycles. The number of amides is 1. The molecule has 0 aliphatic heterocycles. The molecule has 1 amide bonds. The smallest absolute Gasteiger partial charge is 0.216 e. The van der Waals surface area contributed by atoms with E-state index in [9.17, 15) is 24.5 Å². The van der Waals surface area contributed by atoms with E-state index in [-0.39, 0.29) is 25.1 Å². The number of hydrogen-bond donors (Lipinski definition) is 4. The quantitative estimate of drug-likeness (QED) is 0.324. The summed E-state index contributed by atoms with van der Waals surface area (Å²) < 4.78 is 24.5. The van der Waals surface area contributed by atoms with Crippen LogP contribution >= 0.6 is 0 Å². The summed E-state index contributed by atoms with van der Waals surface area (Å²) in [5.74, 6) is -0.00830. The van der Waals surface area contributed by atoms with Crippen LogP contribution in [0.4, 0.5) is 4.39 Å². The SMILES string of the molecule is CC(=O)NCCc1ccc(OCOC[C@@H](O)[C@H](O)[C@H](C)O)cc1-c1cccc(F)c1. The minimum atomic E-state index is -1.31. The molecule has 4 N–H and O–H groups in total. The Hall–Kier alpha value is -2.52. The average molecular weight is 421 g/mol. The number of nitrogens with one attached hydrogen (secondary N) is 1. The monoisotopic (exact) mass is 421 g/mol. The number of rotatable bonds is 11. The number of benzene rings is 2. The maximum absolute atomic E-state index is 13.7. The topological polar surface area (TPSA) is 108 Å². The lowest BCUT2D eigenvalue weighted by Crippen LogP contribution is -2.38. The first-order valence-electron chi connectivity index (χ1n) is 9.66. The van der Waals surface area contributed by atoms with Crippen LogP contribution in [0.15, 0.2) is 42.5 Å². The number of carbonyl (C=O) groups excluding carboxylic acids is 1. The highest BCUT2D eigenvalue weighted by molar-refractivity contribution is 5.73. The molecule has 0 saturated carbocycles. The van der Waals surface area contributed by atoms with E-state index in [0.717, 1.165) is 11.1 Å². The van der Waals surface area contributed by atoms with Gasteiger partial charge in [-0.1, -0.05) is 18.2 Å². The second kappa shape index (κ2) is 11.6. The molecule has 0 unspecified atom stereocenters. The lowest BCUT2D eigenvalue weighted by molar-refractivity contribution is -0.118. The lowest BCUT2D eigenvalue weighted by Gasteiger charge is -2.20. The Morgan fingerprint density at radius 3 is 2.60 bits per heavy atom. The van der Waals surface area contributed by atoms with Crippen molar-refractivity contribution in [1.82, 2.24) is 5.32 Å². The van der Waals surface area contributed by atoms with Crippen molar-refractivity contribution in [3.63, 3.8) is 0 Å². The molecule has 2 aromatic rings. The Morgan fingerprint density at radius 1 is 1.17 bits per heavy atom. The van der Waals surface area contributed by atoms with Crippen LogP contribution in [0.2, 0.25) is 0 Å². The zero-order chi connectivity index (χ0) is 22.1. The number of halogens is 1. The molecular formula is C22H28FNO6. The van der Waals surface area contributed by atoms with Crippen molar-refractivity contribution in [3.8, 4) is 16.9 Å². The molecule has 7 nitrogen and oxygen atoms in total. The van der Waals surface area contributed by atoms with Crippen LogP contribution in [0.1, 0.15) is 19.4 Å². The third-order valence-corrected chi connectivity index (χ3v) is 4.47. The molecule has 0 aliphatic carbocycles. The Morgan fingerprint density at radius 2 is 1.93 bits per heavy atom. The van der Waals surface area contributed by atoms with Crippen molar-refractivity contribution in [3.05, 3.63) is 53.8 Å². The van der Waals surface area contributed by atoms with Crippen molar-refractivity contribution >= 4 is 5.91 Å². The van der Waals surface area contributed by atoms with E-state index in [1.54, 1.807) is 24.3 Å². The van der Waals surface area contributed by atoms with Crippen molar-refractivity contribution in [2.75, 3.05) is 19.9 Å². The number of aliphatic hydroxyl groups excluding tert-OH is 3. The molecule has 0 heterocycles. The maximum atomic E-state index is 13.7. The zero-order valence-corrected chi connectivity index (χ0v) is 17.0. The Bertz CT molecular complexity index is 829. The largest absolute Gasteiger partial charge is 0.468 e. The number of ether oxygens (including phenoxy) is 2. The molecule has 0 aliphatic rings. The molecule has 3 atom stereocenters. The van der Waals surface area contributed by atoms with Gasteiger partial charge in [0.15, 0.2) is 6.79 Å². The second-order valence-electron chi connectivity index (χ2n) is 6.99. The number of aliphatic hydroxyl groups is 3. The molecule has 8 heteroatoms. The third-order valence-electron chi connectivity index (χ3n) is 4.47. The second-order valence-corrected chi connectivity index (χ2v) is 6.99. The van der Waals surface area contributed by atoms with Gasteiger partial charge < -0.3 is 30.1 Å². The Labute approximate surface area is 175 Å². The van der Waals surface area contributed by atoms with Crippen molar-refractivity contribution in [1.29, 1.82) is 0 Å². The Kier molecular flexibility index (Phi) is 9.19. The van der Waals surface area contributed by atoms with Gasteiger partial charge in [0.1, 0.15) is 23.8 Å². The molecule has 0 aromatic heterocycles. The zero-order valence-electron chi connectivity index (χ0n) is 17.0. The van der Waals surface area contributed by atoms with Gasteiger partial charge in [-0.3, -0.25) is 4.79 Å². The van der Waals surface area contributed by atoms with E-state index in [1.165, 1.54) is 26.0 Å². The van der Waals surface area contributed by atoms with Gasteiger partial charge >= 0.3 is 0 Å². The van der Waals surface area contributed by atoms with Crippen LogP contribution in [-0.4, -0.2) is 59.5 Å². The molecule has 0 bridgehead atoms. The van der Waals surface area contributed by atoms with Gasteiger partial charge in [0.05, 0.1) is 12.7 Å². The normalized spacial score (nSPS) is 14.1. The molecule has 164 valence electrons. The molecule has 2 rings (SSSR count). The molecule has 30 heavy (non-hydrogen) atoms. The van der Waals surface area contributed by atoms with Crippen LogP contribution < -0.4 is 10.1 Å². The minimum absolute atomic E-state index is 0.123. The van der Waals surface area contributed by atoms with Gasteiger partial charge in [0.25, 0.3) is 0 Å². The van der Waals surface area contributed by atoms with Crippen LogP contribution in [0.3, 0.4) is 0 Å². The predicted octanol–water partition coefficient (Wildman–Crippen LogP) is 1.63. The standard InChI is InChI=1S/C22H28FNO6/c1-14(25)22(28)21(27)12-29-13-30-19-7-6-16(8-9-24-15(2)26)20(11-19)17-4-3-5-18(23)10-17/h3-7,10-11,14,21-22,25,27-28H,8-9,12-13H2,1-2H3,(H,24,26)/t14-,21+,22+/m0/s1. The Balaban J connectivity index is 2.06. The van der Waals surface area contributed by atoms with Gasteiger partial charge in [-0.25, -0.2) is 4.39 Å². The summed E-state index contributed by atoms with van der Waals surface area (Å²) in [5.41, 5.74) is 2.36. The summed E-state index contributed by atoms with van der Waals surface area (Å²) in [7, 11) is 0. The van der Waals surface area contributed by atoms with E-state index >= 15 is 0 Å². The first-order valence-corrected chi connectivity index (χ1v) is 9.66. The predicted molar refractivity (Wildman–Crippen MR) is 109 cm³/mol. The van der Waals surface area contributed by atoms with Crippen LogP contribution in [0.5, 0.6) is 5.75 Å². The van der Waals surface area contributed by atoms with E-state index in [2.05, 4.69) is 5.32 Å². The van der Waals surface area contributed by atoms with Crippen molar-refractivity contribution < 1.29 is 34.0 Å². The minimum Gasteiger partial charge on any atom is -0.468 e. The maximum Gasteiger partial charge on any atom is 0.216 e. The lowest BCUT2D eigenvalue weighted by atomic mass is 9.97. The van der Waals surface area contributed by atoms with Crippen molar-refractivity contribution in [2.45, 2.75) is 38.6 Å². The van der Waals surface area contributed by atoms with E-state index < -0.39 is 18.3 Å². The fourth-order valence-electron chi connectivity index (χ4n) is 2.86. The van der Waals surface area contributed by atoms with Crippen LogP contribution in [-0.2, 0) is 16.0 Å². The third kappa shape index (κ3) is 7.38. The molecule has 2 aromatic carbocycles. The summed E-state index contributed by atoms with van der Waals surface area (Å²) in [6, 6.07) is 11.5. The van der Waals surface area contributed by atoms with Gasteiger partial charge in [-0.05, 0) is 54.3 Å². The molecule has 0 spiro atoms. The molecular weight excluding hydrogens is 393 g/mol. The summed E-state index contributed by atoms with van der Waals surface area (Å²) in [6.45, 7) is 2.87. The molecule has 0 fully saturated rings. The van der Waals surface area contributed by atoms with E-state index in [1.807, 2.05) is 6.07 Å². The summed E-state index contributed by atoms with van der Waals surface area (Å²) in [4.78, 5) is 11.1. The highest BCUT2D eigenvalue weighted by Crippen LogP contribution is 2.29. The van der Waals surface area contributed by atoms with Crippen molar-refractivity contribution in [2.24, 2.45) is 0 Å². The summed E-state index contributed by atoms with van der Waals surface area (Å²) in [5, 5.41) is 31.3. The van der Waals surface area contributed by atoms with Crippen LogP contribution in [0, 0.1) is 5.82 Å². The number of carbonyl (C=O) groups is 1. The number of hydrogen-bond acceptors (Lipinski definition) is 6. The average Bonchev–Trinajstić information content (AvgIpc) is 2.70.